The average Bonchev–Trinajstić information content (AvgIpc) is 2.32. The van der Waals surface area contributed by atoms with Gasteiger partial charge in [0.05, 0.1) is 0 Å². The van der Waals surface area contributed by atoms with Crippen molar-refractivity contribution in [2.45, 2.75) is 19.4 Å². The van der Waals surface area contributed by atoms with Crippen molar-refractivity contribution in [1.29, 1.82) is 0 Å². The van der Waals surface area contributed by atoms with Gasteiger partial charge < -0.3 is 16.0 Å². The molecule has 1 aromatic carbocycles. The van der Waals surface area contributed by atoms with Crippen molar-refractivity contribution in [2.75, 3.05) is 18.0 Å². The maximum Gasteiger partial charge on any atom is 0.245 e. The number of hydrogen-bond donors (Lipinski definition) is 2. The Balaban J connectivity index is 2.39. The number of amides is 1. The second kappa shape index (κ2) is 5.09. The summed E-state index contributed by atoms with van der Waals surface area (Å²) in [4.78, 5) is 14.4. The Kier molecular flexibility index (Phi) is 3.82. The molecule has 0 aliphatic carbocycles. The molecule has 0 saturated carbocycles. The standard InChI is InChI=1S/C13H16BrN3OS/c1-13(2)12(18)16-5-6-17(13)8-3-4-9(11(15)19)10(14)7-8/h3-4,7H,5-6H2,1-2H3,(H2,15,19)(H,16,18). The van der Waals surface area contributed by atoms with E-state index in [4.69, 9.17) is 18.0 Å². The SMILES string of the molecule is CC1(C)C(=O)NCCN1c1ccc(C(N)=S)c(Br)c1. The first-order chi connectivity index (χ1) is 8.84. The Morgan fingerprint density at radius 1 is 1.53 bits per heavy atom. The largest absolute Gasteiger partial charge is 0.389 e. The Bertz CT molecular complexity index is 545. The normalized spacial score (nSPS) is 18.1. The van der Waals surface area contributed by atoms with E-state index in [0.29, 0.717) is 11.5 Å². The molecule has 1 heterocycles. The van der Waals surface area contributed by atoms with E-state index in [1.54, 1.807) is 0 Å². The predicted molar refractivity (Wildman–Crippen MR) is 84.5 cm³/mol. The number of halogens is 1. The number of rotatable bonds is 2. The molecule has 1 fully saturated rings. The number of piperazine rings is 1. The number of nitrogens with one attached hydrogen (secondary N) is 1. The highest BCUT2D eigenvalue weighted by Crippen LogP contribution is 2.30. The third-order valence-electron chi connectivity index (χ3n) is 3.38. The summed E-state index contributed by atoms with van der Waals surface area (Å²) in [5.41, 5.74) is 6.86. The molecular formula is C13H16BrN3OS. The van der Waals surface area contributed by atoms with Crippen molar-refractivity contribution >= 4 is 44.7 Å². The molecule has 0 bridgehead atoms. The van der Waals surface area contributed by atoms with Crippen LogP contribution in [0, 0.1) is 0 Å². The molecule has 4 nitrogen and oxygen atoms in total. The second-order valence-corrected chi connectivity index (χ2v) is 6.29. The minimum Gasteiger partial charge on any atom is -0.389 e. The van der Waals surface area contributed by atoms with Crippen molar-refractivity contribution < 1.29 is 4.79 Å². The van der Waals surface area contributed by atoms with E-state index in [1.807, 2.05) is 32.0 Å². The summed E-state index contributed by atoms with van der Waals surface area (Å²) in [6.07, 6.45) is 0. The van der Waals surface area contributed by atoms with E-state index in [2.05, 4.69) is 26.1 Å². The third kappa shape index (κ3) is 2.60. The molecule has 0 unspecified atom stereocenters. The van der Waals surface area contributed by atoms with Crippen LogP contribution in [0.15, 0.2) is 22.7 Å². The van der Waals surface area contributed by atoms with E-state index in [1.165, 1.54) is 0 Å². The van der Waals surface area contributed by atoms with Crippen LogP contribution in [0.2, 0.25) is 0 Å². The maximum absolute atomic E-state index is 12.0. The topological polar surface area (TPSA) is 58.4 Å². The highest BCUT2D eigenvalue weighted by atomic mass is 79.9. The van der Waals surface area contributed by atoms with Crippen molar-refractivity contribution in [3.05, 3.63) is 28.2 Å². The van der Waals surface area contributed by atoms with Crippen LogP contribution >= 0.6 is 28.1 Å². The molecule has 102 valence electrons. The Hall–Kier alpha value is -1.14. The lowest BCUT2D eigenvalue weighted by molar-refractivity contribution is -0.126. The van der Waals surface area contributed by atoms with Crippen LogP contribution in [-0.2, 0) is 4.79 Å². The van der Waals surface area contributed by atoms with Gasteiger partial charge in [-0.15, -0.1) is 0 Å². The highest BCUT2D eigenvalue weighted by molar-refractivity contribution is 9.10. The van der Waals surface area contributed by atoms with Crippen molar-refractivity contribution in [3.8, 4) is 0 Å². The Morgan fingerprint density at radius 2 is 2.21 bits per heavy atom. The lowest BCUT2D eigenvalue weighted by atomic mass is 9.97. The molecule has 1 aliphatic heterocycles. The molecule has 1 aliphatic rings. The van der Waals surface area contributed by atoms with Gasteiger partial charge in [0, 0.05) is 28.8 Å². The van der Waals surface area contributed by atoms with Crippen LogP contribution in [0.1, 0.15) is 19.4 Å². The number of thiocarbonyl (C=S) groups is 1. The van der Waals surface area contributed by atoms with Gasteiger partial charge in [-0.25, -0.2) is 0 Å². The van der Waals surface area contributed by atoms with Crippen molar-refractivity contribution in [3.63, 3.8) is 0 Å². The molecule has 1 aromatic rings. The van der Waals surface area contributed by atoms with E-state index >= 15 is 0 Å². The van der Waals surface area contributed by atoms with E-state index in [-0.39, 0.29) is 5.91 Å². The molecule has 2 rings (SSSR count). The van der Waals surface area contributed by atoms with Crippen molar-refractivity contribution in [1.82, 2.24) is 5.32 Å². The van der Waals surface area contributed by atoms with Gasteiger partial charge in [0.1, 0.15) is 10.5 Å². The summed E-state index contributed by atoms with van der Waals surface area (Å²) >= 11 is 8.46. The summed E-state index contributed by atoms with van der Waals surface area (Å²) in [6, 6.07) is 5.78. The fraction of sp³-hybridized carbons (Fsp3) is 0.385. The summed E-state index contributed by atoms with van der Waals surface area (Å²) in [5.74, 6) is 0.0355. The first-order valence-electron chi connectivity index (χ1n) is 5.99. The molecule has 0 aromatic heterocycles. The molecule has 0 atom stereocenters. The van der Waals surface area contributed by atoms with Crippen molar-refractivity contribution in [2.24, 2.45) is 5.73 Å². The van der Waals surface area contributed by atoms with Gasteiger partial charge >= 0.3 is 0 Å². The number of nitrogens with zero attached hydrogens (tertiary/aromatic N) is 1. The van der Waals surface area contributed by atoms with E-state index in [9.17, 15) is 4.79 Å². The Morgan fingerprint density at radius 3 is 2.79 bits per heavy atom. The minimum absolute atomic E-state index is 0.0355. The second-order valence-electron chi connectivity index (χ2n) is 4.99. The molecule has 19 heavy (non-hydrogen) atoms. The van der Waals surface area contributed by atoms with Gasteiger partial charge in [-0.05, 0) is 48.0 Å². The molecule has 3 N–H and O–H groups in total. The fourth-order valence-electron chi connectivity index (χ4n) is 2.22. The number of nitrogens with two attached hydrogens (primary N) is 1. The minimum atomic E-state index is -0.567. The van der Waals surface area contributed by atoms with E-state index in [0.717, 1.165) is 22.3 Å². The first kappa shape index (κ1) is 14.3. The molecule has 0 spiro atoms. The zero-order chi connectivity index (χ0) is 14.2. The number of hydrogen-bond acceptors (Lipinski definition) is 3. The summed E-state index contributed by atoms with van der Waals surface area (Å²) < 4.78 is 0.847. The van der Waals surface area contributed by atoms with E-state index < -0.39 is 5.54 Å². The van der Waals surface area contributed by atoms with Gasteiger partial charge in [-0.2, -0.15) is 0 Å². The summed E-state index contributed by atoms with van der Waals surface area (Å²) in [6.45, 7) is 5.25. The van der Waals surface area contributed by atoms with Gasteiger partial charge in [-0.1, -0.05) is 12.2 Å². The van der Waals surface area contributed by atoms with Crippen LogP contribution in [0.5, 0.6) is 0 Å². The molecular weight excluding hydrogens is 326 g/mol. The lowest BCUT2D eigenvalue weighted by Crippen LogP contribution is -2.62. The van der Waals surface area contributed by atoms with Crippen LogP contribution < -0.4 is 16.0 Å². The fourth-order valence-corrected chi connectivity index (χ4v) is 3.11. The zero-order valence-corrected chi connectivity index (χ0v) is 13.3. The number of carbonyl (C=O) groups is 1. The zero-order valence-electron chi connectivity index (χ0n) is 10.9. The molecule has 0 radical (unpaired) electrons. The number of benzene rings is 1. The average molecular weight is 342 g/mol. The lowest BCUT2D eigenvalue weighted by Gasteiger charge is -2.43. The van der Waals surface area contributed by atoms with Gasteiger partial charge in [-0.3, -0.25) is 4.79 Å². The Labute approximate surface area is 126 Å². The first-order valence-corrected chi connectivity index (χ1v) is 7.19. The van der Waals surface area contributed by atoms with Crippen LogP contribution in [0.25, 0.3) is 0 Å². The molecule has 1 amide bonds. The summed E-state index contributed by atoms with van der Waals surface area (Å²) in [5, 5.41) is 2.88. The summed E-state index contributed by atoms with van der Waals surface area (Å²) in [7, 11) is 0. The predicted octanol–water partition coefficient (Wildman–Crippen LogP) is 1.80. The molecule has 1 saturated heterocycles. The van der Waals surface area contributed by atoms with Gasteiger partial charge in [0.25, 0.3) is 0 Å². The highest BCUT2D eigenvalue weighted by Gasteiger charge is 2.37. The smallest absolute Gasteiger partial charge is 0.245 e. The third-order valence-corrected chi connectivity index (χ3v) is 4.26. The van der Waals surface area contributed by atoms with Gasteiger partial charge in [0.2, 0.25) is 5.91 Å². The van der Waals surface area contributed by atoms with Crippen LogP contribution in [0.3, 0.4) is 0 Å². The van der Waals surface area contributed by atoms with Crippen LogP contribution in [0.4, 0.5) is 5.69 Å². The molecule has 6 heteroatoms. The van der Waals surface area contributed by atoms with Crippen LogP contribution in [-0.4, -0.2) is 29.5 Å². The monoisotopic (exact) mass is 341 g/mol. The van der Waals surface area contributed by atoms with Gasteiger partial charge in [0.15, 0.2) is 0 Å². The number of anilines is 1. The maximum atomic E-state index is 12.0. The quantitative estimate of drug-likeness (QED) is 0.805. The number of carbonyl (C=O) groups excluding carboxylic acids is 1.